The number of hydrogen-bond acceptors (Lipinski definition) is 6. The topological polar surface area (TPSA) is 85.8 Å². The number of amides is 2. The maximum atomic E-state index is 13.3. The van der Waals surface area contributed by atoms with Crippen LogP contribution in [0.2, 0.25) is 15.1 Å². The van der Waals surface area contributed by atoms with Gasteiger partial charge in [0.1, 0.15) is 5.60 Å². The Hall–Kier alpha value is -3.13. The van der Waals surface area contributed by atoms with Crippen LogP contribution in [0.3, 0.4) is 0 Å². The summed E-state index contributed by atoms with van der Waals surface area (Å²) in [5.41, 5.74) is 2.48. The molecule has 1 aromatic heterocycles. The standard InChI is InChI=1S/C28H23Cl3N2O5/c1-14(34)37-23-12-24(35)33(27(23)36)22-13-28(2,3)38-26-20(22)11-19(15-4-6-16(29)7-5-15)25(32-26)18-9-8-17(30)10-21(18)31/h4-11,22-23H,12-13H2,1-3H3/t22?,23-/m0/s1. The first-order chi connectivity index (χ1) is 17.9. The Morgan fingerprint density at radius 1 is 1.03 bits per heavy atom. The first-order valence-corrected chi connectivity index (χ1v) is 13.1. The zero-order chi connectivity index (χ0) is 27.4. The number of rotatable bonds is 4. The highest BCUT2D eigenvalue weighted by Gasteiger charge is 2.49. The Morgan fingerprint density at radius 2 is 1.71 bits per heavy atom. The second-order valence-corrected chi connectivity index (χ2v) is 11.2. The van der Waals surface area contributed by atoms with Crippen molar-refractivity contribution in [1.29, 1.82) is 0 Å². The first-order valence-electron chi connectivity index (χ1n) is 11.9. The second kappa shape index (κ2) is 9.88. The Labute approximate surface area is 234 Å². The number of ether oxygens (including phenoxy) is 2. The van der Waals surface area contributed by atoms with Crippen molar-refractivity contribution < 1.29 is 23.9 Å². The largest absolute Gasteiger partial charge is 0.471 e. The van der Waals surface area contributed by atoms with Crippen LogP contribution < -0.4 is 4.74 Å². The third-order valence-corrected chi connectivity index (χ3v) is 7.33. The van der Waals surface area contributed by atoms with E-state index >= 15 is 0 Å². The number of benzene rings is 2. The summed E-state index contributed by atoms with van der Waals surface area (Å²) in [6.07, 6.45) is -1.03. The molecule has 0 N–H and O–H groups in total. The van der Waals surface area contributed by atoms with E-state index in [9.17, 15) is 14.4 Å². The summed E-state index contributed by atoms with van der Waals surface area (Å²) in [4.78, 5) is 43.9. The fourth-order valence-corrected chi connectivity index (χ4v) is 5.54. The Morgan fingerprint density at radius 3 is 2.37 bits per heavy atom. The molecule has 0 bridgehead atoms. The maximum absolute atomic E-state index is 13.3. The van der Waals surface area contributed by atoms with Gasteiger partial charge >= 0.3 is 5.97 Å². The van der Waals surface area contributed by atoms with Crippen LogP contribution in [0.25, 0.3) is 22.4 Å². The predicted molar refractivity (Wildman–Crippen MR) is 144 cm³/mol. The third kappa shape index (κ3) is 4.98. The normalized spacial score (nSPS) is 20.2. The molecule has 5 rings (SSSR count). The van der Waals surface area contributed by atoms with Crippen molar-refractivity contribution in [3.63, 3.8) is 0 Å². The molecule has 1 fully saturated rings. The number of likely N-dealkylation sites (tertiary alicyclic amines) is 1. The van der Waals surface area contributed by atoms with Crippen LogP contribution in [-0.2, 0) is 19.1 Å². The lowest BCUT2D eigenvalue weighted by molar-refractivity contribution is -0.156. The van der Waals surface area contributed by atoms with Crippen molar-refractivity contribution in [3.8, 4) is 28.3 Å². The number of carbonyl (C=O) groups is 3. The molecule has 3 heterocycles. The van der Waals surface area contributed by atoms with E-state index in [2.05, 4.69) is 0 Å². The quantitative estimate of drug-likeness (QED) is 0.256. The number of imide groups is 1. The van der Waals surface area contributed by atoms with Crippen molar-refractivity contribution in [2.75, 3.05) is 0 Å². The average Bonchev–Trinajstić information content (AvgIpc) is 3.10. The molecular formula is C28H23Cl3N2O5. The number of fused-ring (bicyclic) bond motifs is 1. The number of halogens is 3. The number of hydrogen-bond donors (Lipinski definition) is 0. The summed E-state index contributed by atoms with van der Waals surface area (Å²) in [6.45, 7) is 4.93. The molecule has 10 heteroatoms. The highest BCUT2D eigenvalue weighted by Crippen LogP contribution is 2.47. The van der Waals surface area contributed by atoms with Crippen LogP contribution in [0.1, 0.15) is 45.2 Å². The van der Waals surface area contributed by atoms with E-state index in [1.54, 1.807) is 30.3 Å². The smallest absolute Gasteiger partial charge is 0.303 e. The van der Waals surface area contributed by atoms with Gasteiger partial charge in [-0.3, -0.25) is 19.3 Å². The number of nitrogens with zero attached hydrogens (tertiary/aromatic N) is 2. The van der Waals surface area contributed by atoms with E-state index < -0.39 is 35.5 Å². The minimum absolute atomic E-state index is 0.207. The molecule has 0 saturated carbocycles. The average molecular weight is 574 g/mol. The van der Waals surface area contributed by atoms with E-state index in [-0.39, 0.29) is 12.3 Å². The fraction of sp³-hybridized carbons (Fsp3) is 0.286. The first kappa shape index (κ1) is 26.5. The predicted octanol–water partition coefficient (Wildman–Crippen LogP) is 6.67. The lowest BCUT2D eigenvalue weighted by atomic mass is 9.87. The van der Waals surface area contributed by atoms with E-state index in [0.29, 0.717) is 43.9 Å². The molecule has 2 aliphatic heterocycles. The number of carbonyl (C=O) groups excluding carboxylic acids is 3. The van der Waals surface area contributed by atoms with E-state index in [0.717, 1.165) is 5.56 Å². The van der Waals surface area contributed by atoms with Crippen molar-refractivity contribution in [3.05, 3.63) is 69.2 Å². The minimum Gasteiger partial charge on any atom is -0.471 e. The van der Waals surface area contributed by atoms with Gasteiger partial charge < -0.3 is 9.47 Å². The molecule has 1 unspecified atom stereocenters. The van der Waals surface area contributed by atoms with Crippen LogP contribution in [-0.4, -0.2) is 39.4 Å². The summed E-state index contributed by atoms with van der Waals surface area (Å²) in [7, 11) is 0. The molecule has 3 aromatic rings. The van der Waals surface area contributed by atoms with Gasteiger partial charge in [0.15, 0.2) is 6.10 Å². The molecule has 7 nitrogen and oxygen atoms in total. The monoisotopic (exact) mass is 572 g/mol. The van der Waals surface area contributed by atoms with Crippen LogP contribution >= 0.6 is 34.8 Å². The van der Waals surface area contributed by atoms with Crippen molar-refractivity contribution in [1.82, 2.24) is 9.88 Å². The van der Waals surface area contributed by atoms with Gasteiger partial charge in [-0.05, 0) is 55.8 Å². The Bertz CT molecular complexity index is 1470. The van der Waals surface area contributed by atoms with Gasteiger partial charge in [-0.1, -0.05) is 46.9 Å². The zero-order valence-corrected chi connectivity index (χ0v) is 23.0. The van der Waals surface area contributed by atoms with Gasteiger partial charge in [0.05, 0.1) is 23.2 Å². The van der Waals surface area contributed by atoms with Gasteiger partial charge in [-0.2, -0.15) is 0 Å². The van der Waals surface area contributed by atoms with Gasteiger partial charge in [0, 0.05) is 40.1 Å². The molecule has 196 valence electrons. The zero-order valence-electron chi connectivity index (χ0n) is 20.8. The molecule has 0 radical (unpaired) electrons. The second-order valence-electron chi connectivity index (χ2n) is 9.90. The summed E-state index contributed by atoms with van der Waals surface area (Å²) < 4.78 is 11.4. The minimum atomic E-state index is -1.15. The number of esters is 1. The van der Waals surface area contributed by atoms with Crippen molar-refractivity contribution in [2.24, 2.45) is 0 Å². The van der Waals surface area contributed by atoms with Crippen molar-refractivity contribution in [2.45, 2.75) is 51.4 Å². The molecule has 2 amide bonds. The summed E-state index contributed by atoms with van der Waals surface area (Å²) in [5, 5.41) is 1.45. The van der Waals surface area contributed by atoms with Crippen LogP contribution in [0.4, 0.5) is 0 Å². The Kier molecular flexibility index (Phi) is 6.88. The lowest BCUT2D eigenvalue weighted by Gasteiger charge is -2.40. The van der Waals surface area contributed by atoms with Gasteiger partial charge in [-0.25, -0.2) is 4.98 Å². The molecule has 2 atom stereocenters. The highest BCUT2D eigenvalue weighted by atomic mass is 35.5. The molecule has 2 aromatic carbocycles. The lowest BCUT2D eigenvalue weighted by Crippen LogP contribution is -2.44. The number of aromatic nitrogens is 1. The fourth-order valence-electron chi connectivity index (χ4n) is 4.92. The summed E-state index contributed by atoms with van der Waals surface area (Å²) in [5.74, 6) is -1.33. The van der Waals surface area contributed by atoms with Crippen LogP contribution in [0, 0.1) is 0 Å². The SMILES string of the molecule is CC(=O)O[C@H]1CC(=O)N(C2CC(C)(C)Oc3nc(-c4ccc(Cl)cc4Cl)c(-c4ccc(Cl)cc4)cc32)C1=O. The van der Waals surface area contributed by atoms with Crippen LogP contribution in [0.5, 0.6) is 5.88 Å². The van der Waals surface area contributed by atoms with E-state index in [1.165, 1.54) is 11.8 Å². The van der Waals surface area contributed by atoms with E-state index in [4.69, 9.17) is 49.3 Å². The van der Waals surface area contributed by atoms with E-state index in [1.807, 2.05) is 32.0 Å². The van der Waals surface area contributed by atoms with Gasteiger partial charge in [0.2, 0.25) is 11.8 Å². The highest BCUT2D eigenvalue weighted by molar-refractivity contribution is 6.36. The number of pyridine rings is 1. The molecular weight excluding hydrogens is 551 g/mol. The molecule has 1 saturated heterocycles. The molecule has 38 heavy (non-hydrogen) atoms. The molecule has 2 aliphatic rings. The van der Waals surface area contributed by atoms with Gasteiger partial charge in [0.25, 0.3) is 5.91 Å². The molecule has 0 aliphatic carbocycles. The molecule has 0 spiro atoms. The summed E-state index contributed by atoms with van der Waals surface area (Å²) in [6, 6.07) is 13.6. The van der Waals surface area contributed by atoms with Crippen molar-refractivity contribution >= 4 is 52.6 Å². The third-order valence-electron chi connectivity index (χ3n) is 6.54. The maximum Gasteiger partial charge on any atom is 0.303 e. The Balaban J connectivity index is 1.70. The summed E-state index contributed by atoms with van der Waals surface area (Å²) >= 11 is 18.9. The van der Waals surface area contributed by atoms with Gasteiger partial charge in [-0.15, -0.1) is 0 Å². The van der Waals surface area contributed by atoms with Crippen LogP contribution in [0.15, 0.2) is 48.5 Å².